The molecule has 2 saturated heterocycles. The summed E-state index contributed by atoms with van der Waals surface area (Å²) in [6.45, 7) is 3.79. The van der Waals surface area contributed by atoms with E-state index in [1.807, 2.05) is 6.07 Å². The molecule has 7 nitrogen and oxygen atoms in total. The Morgan fingerprint density at radius 1 is 1.26 bits per heavy atom. The molecule has 4 atom stereocenters. The maximum atomic E-state index is 12.7. The van der Waals surface area contributed by atoms with E-state index in [-0.39, 0.29) is 17.7 Å². The number of fused-ring (bicyclic) bond motifs is 1. The number of carbonyl (C=O) groups is 2. The van der Waals surface area contributed by atoms with E-state index < -0.39 is 22.6 Å². The molecule has 3 fully saturated rings. The third-order valence-electron chi connectivity index (χ3n) is 7.63. The molecule has 0 radical (unpaired) electrons. The highest BCUT2D eigenvalue weighted by Gasteiger charge is 2.69. The van der Waals surface area contributed by atoms with Crippen LogP contribution in [0.1, 0.15) is 43.7 Å². The zero-order chi connectivity index (χ0) is 19.0. The summed E-state index contributed by atoms with van der Waals surface area (Å²) < 4.78 is 0. The Kier molecular flexibility index (Phi) is 3.30. The van der Waals surface area contributed by atoms with Crippen molar-refractivity contribution in [3.8, 4) is 5.75 Å². The van der Waals surface area contributed by atoms with Crippen LogP contribution in [0.2, 0.25) is 0 Å². The van der Waals surface area contributed by atoms with Crippen LogP contribution in [-0.4, -0.2) is 57.3 Å². The molecule has 4 unspecified atom stereocenters. The summed E-state index contributed by atoms with van der Waals surface area (Å²) in [5.74, 6) is -0.132. The molecule has 2 aliphatic heterocycles. The Balaban J connectivity index is 1.71. The number of imide groups is 1. The van der Waals surface area contributed by atoms with E-state index in [0.29, 0.717) is 25.7 Å². The molecule has 5 rings (SSSR count). The van der Waals surface area contributed by atoms with Crippen LogP contribution < -0.4 is 10.6 Å². The van der Waals surface area contributed by atoms with Crippen LogP contribution in [0.25, 0.3) is 0 Å². The number of piperidine rings is 1. The van der Waals surface area contributed by atoms with Crippen LogP contribution in [-0.2, 0) is 16.6 Å². The number of nitrogens with zero attached hydrogens (tertiary/aromatic N) is 1. The molecule has 1 aromatic carbocycles. The van der Waals surface area contributed by atoms with Gasteiger partial charge in [0.25, 0.3) is 5.91 Å². The van der Waals surface area contributed by atoms with E-state index in [1.54, 1.807) is 12.1 Å². The van der Waals surface area contributed by atoms with Crippen molar-refractivity contribution in [2.75, 3.05) is 13.1 Å². The van der Waals surface area contributed by atoms with Gasteiger partial charge in [-0.15, -0.1) is 0 Å². The second-order valence-corrected chi connectivity index (χ2v) is 8.61. The maximum Gasteiger partial charge on any atom is 0.322 e. The maximum absolute atomic E-state index is 12.7. The first-order valence-electron chi connectivity index (χ1n) is 9.76. The normalized spacial score (nSPS) is 40.3. The lowest BCUT2D eigenvalue weighted by atomic mass is 9.46. The number of aliphatic hydroxyl groups is 1. The smallest absolute Gasteiger partial charge is 0.322 e. The highest BCUT2D eigenvalue weighted by atomic mass is 16.3. The Morgan fingerprint density at radius 2 is 2.07 bits per heavy atom. The van der Waals surface area contributed by atoms with Crippen LogP contribution in [0.5, 0.6) is 5.75 Å². The van der Waals surface area contributed by atoms with Gasteiger partial charge >= 0.3 is 6.03 Å². The second kappa shape index (κ2) is 5.23. The molecule has 27 heavy (non-hydrogen) atoms. The molecule has 0 aromatic heterocycles. The Morgan fingerprint density at radius 3 is 2.78 bits per heavy atom. The number of aromatic hydroxyl groups is 1. The lowest BCUT2D eigenvalue weighted by molar-refractivity contribution is -0.179. The largest absolute Gasteiger partial charge is 0.508 e. The van der Waals surface area contributed by atoms with Crippen molar-refractivity contribution in [1.82, 2.24) is 15.5 Å². The number of phenols is 1. The van der Waals surface area contributed by atoms with Gasteiger partial charge in [0.15, 0.2) is 0 Å². The molecule has 4 aliphatic rings. The standard InChI is InChI=1S/C20H25N3O4/c1-2-23-8-7-18-11-19(16(25)21-17(26)22-19)5-6-20(18,27)15(23)9-12-3-4-13(24)10-14(12)18/h3-4,10,15,24,27H,2,5-9,11H2,1H3,(H2,21,22,25,26). The number of hydrogen-bond donors (Lipinski definition) is 4. The number of likely N-dealkylation sites (N-methyl/N-ethyl adjacent to an activating group) is 1. The number of benzene rings is 1. The lowest BCUT2D eigenvalue weighted by Crippen LogP contribution is -2.76. The van der Waals surface area contributed by atoms with E-state index in [4.69, 9.17) is 0 Å². The number of likely N-dealkylation sites (tertiary alicyclic amines) is 1. The summed E-state index contributed by atoms with van der Waals surface area (Å²) in [5, 5.41) is 27.4. The fraction of sp³-hybridized carbons (Fsp3) is 0.600. The van der Waals surface area contributed by atoms with Gasteiger partial charge < -0.3 is 15.5 Å². The van der Waals surface area contributed by atoms with Gasteiger partial charge in [0.1, 0.15) is 11.3 Å². The van der Waals surface area contributed by atoms with Crippen LogP contribution in [0.15, 0.2) is 18.2 Å². The Labute approximate surface area is 157 Å². The first-order chi connectivity index (χ1) is 12.8. The van der Waals surface area contributed by atoms with Crippen LogP contribution in [0.4, 0.5) is 4.79 Å². The molecule has 2 heterocycles. The van der Waals surface area contributed by atoms with E-state index in [9.17, 15) is 19.8 Å². The summed E-state index contributed by atoms with van der Waals surface area (Å²) in [4.78, 5) is 26.9. The highest BCUT2D eigenvalue weighted by Crippen LogP contribution is 2.60. The van der Waals surface area contributed by atoms with E-state index in [0.717, 1.165) is 30.6 Å². The van der Waals surface area contributed by atoms with E-state index in [1.165, 1.54) is 0 Å². The summed E-state index contributed by atoms with van der Waals surface area (Å²) in [7, 11) is 0. The van der Waals surface area contributed by atoms with Crippen molar-refractivity contribution in [3.05, 3.63) is 29.3 Å². The SMILES string of the molecule is CCN1CCC23CC4(CCC2(O)C1Cc1ccc(O)cc13)NC(=O)NC4=O. The molecule has 1 spiro atoms. The predicted octanol–water partition coefficient (Wildman–Crippen LogP) is 0.773. The van der Waals surface area contributed by atoms with Gasteiger partial charge in [0, 0.05) is 11.5 Å². The van der Waals surface area contributed by atoms with Crippen molar-refractivity contribution in [3.63, 3.8) is 0 Å². The van der Waals surface area contributed by atoms with Crippen molar-refractivity contribution >= 4 is 11.9 Å². The number of carbonyl (C=O) groups excluding carboxylic acids is 2. The lowest BCUT2D eigenvalue weighted by Gasteiger charge is -2.65. The minimum absolute atomic E-state index is 0.0224. The molecular formula is C20H25N3O4. The minimum Gasteiger partial charge on any atom is -0.508 e. The van der Waals surface area contributed by atoms with Gasteiger partial charge in [-0.25, -0.2) is 4.79 Å². The molecule has 2 bridgehead atoms. The molecule has 1 aromatic rings. The quantitative estimate of drug-likeness (QED) is 0.547. The summed E-state index contributed by atoms with van der Waals surface area (Å²) >= 11 is 0. The third kappa shape index (κ3) is 1.99. The van der Waals surface area contributed by atoms with Gasteiger partial charge in [-0.05, 0) is 68.5 Å². The Hall–Kier alpha value is -2.12. The van der Waals surface area contributed by atoms with Crippen molar-refractivity contribution in [1.29, 1.82) is 0 Å². The number of amides is 3. The van der Waals surface area contributed by atoms with Crippen molar-refractivity contribution < 1.29 is 19.8 Å². The minimum atomic E-state index is -0.985. The number of rotatable bonds is 1. The highest BCUT2D eigenvalue weighted by molar-refractivity contribution is 6.07. The Bertz CT molecular complexity index is 858. The molecule has 2 aliphatic carbocycles. The number of nitrogens with one attached hydrogen (secondary N) is 2. The zero-order valence-electron chi connectivity index (χ0n) is 15.4. The summed E-state index contributed by atoms with van der Waals surface area (Å²) in [6, 6.07) is 4.90. The summed E-state index contributed by atoms with van der Waals surface area (Å²) in [6.07, 6.45) is 2.64. The van der Waals surface area contributed by atoms with Crippen LogP contribution in [0, 0.1) is 0 Å². The van der Waals surface area contributed by atoms with Crippen LogP contribution >= 0.6 is 0 Å². The average Bonchev–Trinajstić information content (AvgIpc) is 2.89. The molecule has 4 N–H and O–H groups in total. The molecule has 1 saturated carbocycles. The van der Waals surface area contributed by atoms with Gasteiger partial charge in [-0.3, -0.25) is 15.0 Å². The van der Waals surface area contributed by atoms with Gasteiger partial charge in [-0.2, -0.15) is 0 Å². The fourth-order valence-electron chi connectivity index (χ4n) is 6.35. The summed E-state index contributed by atoms with van der Waals surface area (Å²) in [5.41, 5.74) is -0.584. The number of hydrogen-bond acceptors (Lipinski definition) is 5. The third-order valence-corrected chi connectivity index (χ3v) is 7.63. The molecule has 7 heteroatoms. The molecular weight excluding hydrogens is 346 g/mol. The first kappa shape index (κ1) is 17.0. The van der Waals surface area contributed by atoms with Crippen LogP contribution in [0.3, 0.4) is 0 Å². The van der Waals surface area contributed by atoms with E-state index in [2.05, 4.69) is 22.5 Å². The fourth-order valence-corrected chi connectivity index (χ4v) is 6.35. The van der Waals surface area contributed by atoms with Gasteiger partial charge in [0.2, 0.25) is 0 Å². The topological polar surface area (TPSA) is 102 Å². The van der Waals surface area contributed by atoms with Crippen molar-refractivity contribution in [2.24, 2.45) is 0 Å². The monoisotopic (exact) mass is 371 g/mol. The predicted molar refractivity (Wildman–Crippen MR) is 97.3 cm³/mol. The number of phenolic OH excluding ortho intramolecular Hbond substituents is 1. The van der Waals surface area contributed by atoms with Gasteiger partial charge in [-0.1, -0.05) is 13.0 Å². The van der Waals surface area contributed by atoms with E-state index >= 15 is 0 Å². The average molecular weight is 371 g/mol. The second-order valence-electron chi connectivity index (χ2n) is 8.61. The zero-order valence-corrected chi connectivity index (χ0v) is 15.4. The van der Waals surface area contributed by atoms with Gasteiger partial charge in [0.05, 0.1) is 5.60 Å². The number of urea groups is 1. The molecule has 3 amide bonds. The van der Waals surface area contributed by atoms with Crippen molar-refractivity contribution in [2.45, 2.75) is 61.6 Å². The first-order valence-corrected chi connectivity index (χ1v) is 9.76. The molecule has 144 valence electrons.